The summed E-state index contributed by atoms with van der Waals surface area (Å²) in [5.41, 5.74) is 4.63. The van der Waals surface area contributed by atoms with Crippen LogP contribution < -0.4 is 0 Å². The molecule has 0 spiro atoms. The van der Waals surface area contributed by atoms with E-state index in [9.17, 15) is 4.79 Å². The van der Waals surface area contributed by atoms with Gasteiger partial charge < -0.3 is 0 Å². The maximum absolute atomic E-state index is 12.3. The molecule has 0 radical (unpaired) electrons. The molecule has 1 amide bonds. The predicted octanol–water partition coefficient (Wildman–Crippen LogP) is 6.35. The maximum Gasteiger partial charge on any atom is 0.240 e. The van der Waals surface area contributed by atoms with Crippen molar-refractivity contribution in [3.8, 4) is 0 Å². The Labute approximate surface area is 176 Å². The number of allylic oxidation sites excluding steroid dienone is 1. The summed E-state index contributed by atoms with van der Waals surface area (Å²) in [6.45, 7) is 1.60. The Bertz CT molecular complexity index is 916. The lowest BCUT2D eigenvalue weighted by Crippen LogP contribution is -2.30. The van der Waals surface area contributed by atoms with Crippen molar-refractivity contribution in [3.05, 3.63) is 74.2 Å². The highest BCUT2D eigenvalue weighted by atomic mass is 79.9. The van der Waals surface area contributed by atoms with Gasteiger partial charge in [0.15, 0.2) is 0 Å². The van der Waals surface area contributed by atoms with E-state index in [2.05, 4.69) is 74.3 Å². The van der Waals surface area contributed by atoms with Gasteiger partial charge in [0, 0.05) is 21.8 Å². The molecule has 0 unspecified atom stereocenters. The average Bonchev–Trinajstić information content (AvgIpc) is 3.05. The Morgan fingerprint density at radius 1 is 1.07 bits per heavy atom. The number of fused-ring (bicyclic) bond motifs is 1. The van der Waals surface area contributed by atoms with Gasteiger partial charge in [-0.1, -0.05) is 56.1 Å². The zero-order valence-electron chi connectivity index (χ0n) is 15.0. The van der Waals surface area contributed by atoms with Crippen LogP contribution in [0.4, 0.5) is 0 Å². The van der Waals surface area contributed by atoms with Gasteiger partial charge in [0.2, 0.25) is 5.91 Å². The quantitative estimate of drug-likeness (QED) is 0.485. The minimum absolute atomic E-state index is 0.00666. The fraction of sp³-hybridized carbons (Fsp3) is 0.273. The number of halogens is 2. The molecule has 2 aliphatic rings. The largest absolute Gasteiger partial charge is 0.273 e. The molecule has 5 heteroatoms. The third-order valence-electron chi connectivity index (χ3n) is 5.25. The van der Waals surface area contributed by atoms with Gasteiger partial charge in [-0.2, -0.15) is 5.10 Å². The second-order valence-corrected chi connectivity index (χ2v) is 8.90. The van der Waals surface area contributed by atoms with Crippen LogP contribution in [0.15, 0.2) is 68.2 Å². The fourth-order valence-corrected chi connectivity index (χ4v) is 4.54. The first kappa shape index (κ1) is 18.6. The summed E-state index contributed by atoms with van der Waals surface area (Å²) in [6.07, 6.45) is 5.40. The molecule has 0 aromatic heterocycles. The average molecular weight is 488 g/mol. The molecular formula is C22H20Br2N2O. The van der Waals surface area contributed by atoms with Gasteiger partial charge in [0.1, 0.15) is 0 Å². The van der Waals surface area contributed by atoms with E-state index in [1.165, 1.54) is 5.57 Å². The first-order valence-corrected chi connectivity index (χ1v) is 10.7. The molecule has 1 saturated carbocycles. The minimum Gasteiger partial charge on any atom is -0.273 e. The number of benzene rings is 2. The van der Waals surface area contributed by atoms with E-state index in [4.69, 9.17) is 5.10 Å². The molecule has 0 bridgehead atoms. The number of rotatable bonds is 2. The molecule has 1 heterocycles. The molecule has 138 valence electrons. The van der Waals surface area contributed by atoms with Crippen molar-refractivity contribution in [1.29, 1.82) is 0 Å². The molecular weight excluding hydrogens is 468 g/mol. The summed E-state index contributed by atoms with van der Waals surface area (Å²) in [5, 5.41) is 6.48. The molecule has 2 aromatic rings. The van der Waals surface area contributed by atoms with E-state index in [0.717, 1.165) is 45.0 Å². The smallest absolute Gasteiger partial charge is 0.240 e. The molecule has 2 aromatic carbocycles. The van der Waals surface area contributed by atoms with Gasteiger partial charge in [0.05, 0.1) is 11.8 Å². The number of carbonyl (C=O) groups is 1. The lowest BCUT2D eigenvalue weighted by Gasteiger charge is -2.29. The molecule has 0 saturated heterocycles. The van der Waals surface area contributed by atoms with Crippen molar-refractivity contribution in [2.75, 3.05) is 0 Å². The molecule has 1 aliphatic heterocycles. The third kappa shape index (κ3) is 3.81. The molecule has 2 atom stereocenters. The summed E-state index contributed by atoms with van der Waals surface area (Å²) < 4.78 is 2.11. The van der Waals surface area contributed by atoms with Crippen LogP contribution in [0.25, 0.3) is 6.08 Å². The molecule has 0 N–H and O–H groups in total. The normalized spacial score (nSPS) is 23.3. The maximum atomic E-state index is 12.3. The molecule has 4 rings (SSSR count). The van der Waals surface area contributed by atoms with Crippen molar-refractivity contribution in [3.63, 3.8) is 0 Å². The first-order valence-electron chi connectivity index (χ1n) is 9.13. The standard InChI is InChI=1S/C22H20Br2N2O/c1-14(27)26-22(16-7-11-19(24)12-8-16)20-4-2-3-17(21(20)25-26)13-15-5-9-18(23)10-6-15/h5-13,20,22H,2-4H2,1H3/t20-,22-/m1/s1. The Hall–Kier alpha value is -1.72. The van der Waals surface area contributed by atoms with Gasteiger partial charge in [-0.05, 0) is 66.3 Å². The van der Waals surface area contributed by atoms with Crippen LogP contribution in [0, 0.1) is 5.92 Å². The van der Waals surface area contributed by atoms with Crippen LogP contribution in [-0.2, 0) is 4.79 Å². The summed E-state index contributed by atoms with van der Waals surface area (Å²) in [7, 11) is 0. The van der Waals surface area contributed by atoms with Crippen LogP contribution in [0.1, 0.15) is 43.4 Å². The minimum atomic E-state index is -0.0146. The monoisotopic (exact) mass is 486 g/mol. The Balaban J connectivity index is 1.72. The summed E-state index contributed by atoms with van der Waals surface area (Å²) in [5.74, 6) is 0.248. The SMILES string of the molecule is CC(=O)N1N=C2C(=Cc3ccc(Br)cc3)CCC[C@H]2[C@H]1c1ccc(Br)cc1. The van der Waals surface area contributed by atoms with Crippen molar-refractivity contribution in [2.24, 2.45) is 11.0 Å². The number of hydrazone groups is 1. The molecule has 1 aliphatic carbocycles. The second kappa shape index (κ2) is 7.72. The first-order chi connectivity index (χ1) is 13.0. The number of amides is 1. The zero-order valence-corrected chi connectivity index (χ0v) is 18.2. The van der Waals surface area contributed by atoms with Crippen LogP contribution in [0.2, 0.25) is 0 Å². The van der Waals surface area contributed by atoms with Crippen LogP contribution >= 0.6 is 31.9 Å². The molecule has 1 fully saturated rings. The van der Waals surface area contributed by atoms with E-state index in [1.54, 1.807) is 11.9 Å². The Morgan fingerprint density at radius 2 is 1.70 bits per heavy atom. The van der Waals surface area contributed by atoms with Gasteiger partial charge >= 0.3 is 0 Å². The highest BCUT2D eigenvalue weighted by Gasteiger charge is 2.42. The highest BCUT2D eigenvalue weighted by Crippen LogP contribution is 2.44. The van der Waals surface area contributed by atoms with Crippen molar-refractivity contribution >= 4 is 49.6 Å². The van der Waals surface area contributed by atoms with E-state index < -0.39 is 0 Å². The van der Waals surface area contributed by atoms with Crippen molar-refractivity contribution in [1.82, 2.24) is 5.01 Å². The summed E-state index contributed by atoms with van der Waals surface area (Å²) >= 11 is 6.98. The highest BCUT2D eigenvalue weighted by molar-refractivity contribution is 9.10. The van der Waals surface area contributed by atoms with E-state index in [0.29, 0.717) is 0 Å². The van der Waals surface area contributed by atoms with Crippen LogP contribution in [0.3, 0.4) is 0 Å². The number of carbonyl (C=O) groups excluding carboxylic acids is 1. The molecule has 3 nitrogen and oxygen atoms in total. The fourth-order valence-electron chi connectivity index (χ4n) is 4.02. The van der Waals surface area contributed by atoms with Crippen LogP contribution in [0.5, 0.6) is 0 Å². The van der Waals surface area contributed by atoms with E-state index in [1.807, 2.05) is 12.1 Å². The van der Waals surface area contributed by atoms with Crippen molar-refractivity contribution in [2.45, 2.75) is 32.2 Å². The summed E-state index contributed by atoms with van der Waals surface area (Å²) in [4.78, 5) is 12.3. The van der Waals surface area contributed by atoms with Crippen molar-refractivity contribution < 1.29 is 4.79 Å². The molecule has 27 heavy (non-hydrogen) atoms. The second-order valence-electron chi connectivity index (χ2n) is 7.07. The van der Waals surface area contributed by atoms with Gasteiger partial charge in [-0.25, -0.2) is 5.01 Å². The number of hydrogen-bond acceptors (Lipinski definition) is 2. The topological polar surface area (TPSA) is 32.7 Å². The lowest BCUT2D eigenvalue weighted by molar-refractivity contribution is -0.131. The zero-order chi connectivity index (χ0) is 19.0. The third-order valence-corrected chi connectivity index (χ3v) is 6.30. The lowest BCUT2D eigenvalue weighted by atomic mass is 9.77. The van der Waals surface area contributed by atoms with Gasteiger partial charge in [-0.15, -0.1) is 0 Å². The van der Waals surface area contributed by atoms with E-state index >= 15 is 0 Å². The van der Waals surface area contributed by atoms with Gasteiger partial charge in [0.25, 0.3) is 0 Å². The van der Waals surface area contributed by atoms with Crippen LogP contribution in [-0.4, -0.2) is 16.6 Å². The number of nitrogens with zero attached hydrogens (tertiary/aromatic N) is 2. The van der Waals surface area contributed by atoms with Gasteiger partial charge in [-0.3, -0.25) is 4.79 Å². The predicted molar refractivity (Wildman–Crippen MR) is 116 cm³/mol. The number of hydrogen-bond donors (Lipinski definition) is 0. The summed E-state index contributed by atoms with van der Waals surface area (Å²) in [6, 6.07) is 16.5. The van der Waals surface area contributed by atoms with E-state index in [-0.39, 0.29) is 17.9 Å². The Kier molecular flexibility index (Phi) is 5.33. The Morgan fingerprint density at radius 3 is 2.33 bits per heavy atom.